The Balaban J connectivity index is 1.85. The van der Waals surface area contributed by atoms with Gasteiger partial charge in [-0.2, -0.15) is 0 Å². The molecule has 1 fully saturated rings. The zero-order chi connectivity index (χ0) is 14.4. The molecule has 1 amide bonds. The van der Waals surface area contributed by atoms with Gasteiger partial charge in [0.25, 0.3) is 0 Å². The monoisotopic (exact) mass is 339 g/mol. The number of aliphatic hydroxyl groups is 1. The molecular formula is C16H22BrNO2. The fraction of sp³-hybridized carbons (Fsp3) is 0.562. The molecule has 0 spiro atoms. The first-order chi connectivity index (χ1) is 9.63. The molecule has 1 aromatic rings. The van der Waals surface area contributed by atoms with E-state index in [9.17, 15) is 9.90 Å². The fourth-order valence-corrected chi connectivity index (χ4v) is 3.32. The molecule has 2 rings (SSSR count). The van der Waals surface area contributed by atoms with Crippen LogP contribution in [-0.2, 0) is 11.2 Å². The Morgan fingerprint density at radius 3 is 2.70 bits per heavy atom. The molecule has 0 radical (unpaired) electrons. The average molecular weight is 340 g/mol. The molecule has 0 heterocycles. The molecular weight excluding hydrogens is 318 g/mol. The number of rotatable bonds is 5. The van der Waals surface area contributed by atoms with E-state index in [1.807, 2.05) is 24.3 Å². The van der Waals surface area contributed by atoms with Gasteiger partial charge in [-0.25, -0.2) is 0 Å². The van der Waals surface area contributed by atoms with E-state index in [4.69, 9.17) is 0 Å². The minimum atomic E-state index is -0.0921. The number of carbonyl (C=O) groups excluding carboxylic acids is 1. The number of amides is 1. The summed E-state index contributed by atoms with van der Waals surface area (Å²) in [6, 6.07) is 7.79. The minimum Gasteiger partial charge on any atom is -0.396 e. The number of hydrogen-bond acceptors (Lipinski definition) is 2. The van der Waals surface area contributed by atoms with E-state index < -0.39 is 0 Å². The summed E-state index contributed by atoms with van der Waals surface area (Å²) in [5, 5.41) is 12.6. The summed E-state index contributed by atoms with van der Waals surface area (Å²) in [4.78, 5) is 12.0. The number of halogens is 1. The fourth-order valence-electron chi connectivity index (χ4n) is 2.87. The second-order valence-electron chi connectivity index (χ2n) is 5.80. The Morgan fingerprint density at radius 1 is 1.30 bits per heavy atom. The van der Waals surface area contributed by atoms with Crippen molar-refractivity contribution in [1.82, 2.24) is 5.32 Å². The first-order valence-electron chi connectivity index (χ1n) is 7.26. The minimum absolute atomic E-state index is 0.0292. The van der Waals surface area contributed by atoms with Crippen LogP contribution >= 0.6 is 15.9 Å². The Hall–Kier alpha value is -0.870. The summed E-state index contributed by atoms with van der Waals surface area (Å²) in [7, 11) is 0. The van der Waals surface area contributed by atoms with Crippen molar-refractivity contribution in [3.8, 4) is 0 Å². The Morgan fingerprint density at radius 2 is 2.05 bits per heavy atom. The predicted octanol–water partition coefficient (Wildman–Crippen LogP) is 3.05. The highest BCUT2D eigenvalue weighted by Crippen LogP contribution is 2.35. The highest BCUT2D eigenvalue weighted by Gasteiger charge is 2.31. The van der Waals surface area contributed by atoms with Crippen LogP contribution in [0, 0.1) is 5.41 Å². The summed E-state index contributed by atoms with van der Waals surface area (Å²) in [6.45, 7) is 0.764. The predicted molar refractivity (Wildman–Crippen MR) is 83.5 cm³/mol. The van der Waals surface area contributed by atoms with Crippen molar-refractivity contribution in [1.29, 1.82) is 0 Å². The van der Waals surface area contributed by atoms with Crippen LogP contribution in [0.25, 0.3) is 0 Å². The van der Waals surface area contributed by atoms with Gasteiger partial charge in [0.2, 0.25) is 5.91 Å². The van der Waals surface area contributed by atoms with Crippen LogP contribution in [-0.4, -0.2) is 24.2 Å². The van der Waals surface area contributed by atoms with Gasteiger partial charge in [-0.3, -0.25) is 4.79 Å². The molecule has 0 bridgehead atoms. The first kappa shape index (κ1) is 15.5. The number of aliphatic hydroxyl groups excluding tert-OH is 1. The van der Waals surface area contributed by atoms with Gasteiger partial charge < -0.3 is 10.4 Å². The molecule has 2 N–H and O–H groups in total. The normalized spacial score (nSPS) is 17.7. The maximum absolute atomic E-state index is 12.0. The second-order valence-corrected chi connectivity index (χ2v) is 6.72. The summed E-state index contributed by atoms with van der Waals surface area (Å²) in [6.07, 6.45) is 5.97. The van der Waals surface area contributed by atoms with Gasteiger partial charge in [-0.05, 0) is 30.5 Å². The molecule has 3 nitrogen and oxygen atoms in total. The van der Waals surface area contributed by atoms with Gasteiger partial charge in [0.15, 0.2) is 0 Å². The Kier molecular flexibility index (Phi) is 5.61. The van der Waals surface area contributed by atoms with Crippen LogP contribution in [0.3, 0.4) is 0 Å². The van der Waals surface area contributed by atoms with Crippen LogP contribution in [0.15, 0.2) is 28.7 Å². The number of nitrogens with one attached hydrogen (secondary N) is 1. The van der Waals surface area contributed by atoms with Crippen molar-refractivity contribution >= 4 is 21.8 Å². The first-order valence-corrected chi connectivity index (χ1v) is 8.05. The molecule has 0 unspecified atom stereocenters. The largest absolute Gasteiger partial charge is 0.396 e. The third-order valence-corrected chi connectivity index (χ3v) is 4.66. The lowest BCUT2D eigenvalue weighted by atomic mass is 9.74. The van der Waals surface area contributed by atoms with Crippen LogP contribution in [0.4, 0.5) is 0 Å². The van der Waals surface area contributed by atoms with Crippen LogP contribution < -0.4 is 5.32 Å². The van der Waals surface area contributed by atoms with E-state index in [-0.39, 0.29) is 17.9 Å². The van der Waals surface area contributed by atoms with E-state index in [2.05, 4.69) is 21.2 Å². The van der Waals surface area contributed by atoms with Crippen LogP contribution in [0.5, 0.6) is 0 Å². The average Bonchev–Trinajstić information content (AvgIpc) is 2.46. The lowest BCUT2D eigenvalue weighted by Crippen LogP contribution is -2.41. The SMILES string of the molecule is O=C(Cc1cccc(Br)c1)NCC1(CO)CCCCC1. The van der Waals surface area contributed by atoms with Gasteiger partial charge in [-0.15, -0.1) is 0 Å². The van der Waals surface area contributed by atoms with Gasteiger partial charge >= 0.3 is 0 Å². The number of carbonyl (C=O) groups is 1. The van der Waals surface area contributed by atoms with Crippen molar-refractivity contribution in [2.45, 2.75) is 38.5 Å². The molecule has 1 aliphatic rings. The highest BCUT2D eigenvalue weighted by molar-refractivity contribution is 9.10. The van der Waals surface area contributed by atoms with E-state index in [0.29, 0.717) is 13.0 Å². The highest BCUT2D eigenvalue weighted by atomic mass is 79.9. The standard InChI is InChI=1S/C16H22BrNO2/c17-14-6-4-5-13(9-14)10-15(20)18-11-16(12-19)7-2-1-3-8-16/h4-6,9,19H,1-3,7-8,10-12H2,(H,18,20). The third-order valence-electron chi connectivity index (χ3n) is 4.16. The summed E-state index contributed by atoms with van der Waals surface area (Å²) >= 11 is 3.41. The number of hydrogen-bond donors (Lipinski definition) is 2. The molecule has 1 aliphatic carbocycles. The maximum Gasteiger partial charge on any atom is 0.224 e. The second kappa shape index (κ2) is 7.23. The lowest BCUT2D eigenvalue weighted by Gasteiger charge is -2.35. The Bertz CT molecular complexity index is 456. The van der Waals surface area contributed by atoms with E-state index in [0.717, 1.165) is 35.7 Å². The zero-order valence-electron chi connectivity index (χ0n) is 11.7. The molecule has 0 aliphatic heterocycles. The van der Waals surface area contributed by atoms with E-state index in [1.54, 1.807) is 0 Å². The molecule has 4 heteroatoms. The van der Waals surface area contributed by atoms with Crippen LogP contribution in [0.2, 0.25) is 0 Å². The Labute approximate surface area is 128 Å². The molecule has 0 saturated heterocycles. The van der Waals surface area contributed by atoms with Gasteiger partial charge in [0, 0.05) is 16.4 Å². The lowest BCUT2D eigenvalue weighted by molar-refractivity contribution is -0.121. The molecule has 0 aromatic heterocycles. The molecule has 1 saturated carbocycles. The molecule has 1 aromatic carbocycles. The molecule has 0 atom stereocenters. The van der Waals surface area contributed by atoms with Gasteiger partial charge in [0.05, 0.1) is 13.0 Å². The van der Waals surface area contributed by atoms with E-state index >= 15 is 0 Å². The smallest absolute Gasteiger partial charge is 0.224 e. The van der Waals surface area contributed by atoms with Gasteiger partial charge in [0.1, 0.15) is 0 Å². The molecule has 20 heavy (non-hydrogen) atoms. The third kappa shape index (κ3) is 4.32. The summed E-state index contributed by atoms with van der Waals surface area (Å²) < 4.78 is 0.988. The zero-order valence-corrected chi connectivity index (χ0v) is 13.3. The van der Waals surface area contributed by atoms with Crippen LogP contribution in [0.1, 0.15) is 37.7 Å². The van der Waals surface area contributed by atoms with Crippen molar-refractivity contribution in [3.63, 3.8) is 0 Å². The number of benzene rings is 1. The maximum atomic E-state index is 12.0. The molecule has 110 valence electrons. The topological polar surface area (TPSA) is 49.3 Å². The van der Waals surface area contributed by atoms with Crippen molar-refractivity contribution in [2.75, 3.05) is 13.2 Å². The quantitative estimate of drug-likeness (QED) is 0.866. The van der Waals surface area contributed by atoms with Crippen molar-refractivity contribution in [2.24, 2.45) is 5.41 Å². The van der Waals surface area contributed by atoms with Crippen molar-refractivity contribution in [3.05, 3.63) is 34.3 Å². The van der Waals surface area contributed by atoms with E-state index in [1.165, 1.54) is 6.42 Å². The van der Waals surface area contributed by atoms with Gasteiger partial charge in [-0.1, -0.05) is 47.3 Å². The van der Waals surface area contributed by atoms with Crippen molar-refractivity contribution < 1.29 is 9.90 Å². The summed E-state index contributed by atoms with van der Waals surface area (Å²) in [5.41, 5.74) is 0.907. The summed E-state index contributed by atoms with van der Waals surface area (Å²) in [5.74, 6) is 0.0292.